The van der Waals surface area contributed by atoms with Crippen molar-refractivity contribution in [1.29, 1.82) is 0 Å². The third kappa shape index (κ3) is 6.92. The Hall–Kier alpha value is -1.84. The van der Waals surface area contributed by atoms with E-state index in [9.17, 15) is 9.59 Å². The topological polar surface area (TPSA) is 55.4 Å². The summed E-state index contributed by atoms with van der Waals surface area (Å²) in [4.78, 5) is 22.9. The molecule has 1 rings (SSSR count). The Morgan fingerprint density at radius 2 is 1.80 bits per heavy atom. The predicted octanol–water partition coefficient (Wildman–Crippen LogP) is 2.39. The van der Waals surface area contributed by atoms with Gasteiger partial charge in [-0.15, -0.1) is 0 Å². The Morgan fingerprint density at radius 3 is 2.40 bits per heavy atom. The van der Waals surface area contributed by atoms with Crippen molar-refractivity contribution in [3.63, 3.8) is 0 Å². The molecule has 0 heterocycles. The number of rotatable bonds is 7. The molecule has 0 unspecified atom stereocenters. The van der Waals surface area contributed by atoms with Crippen LogP contribution in [0.2, 0.25) is 0 Å². The van der Waals surface area contributed by atoms with E-state index in [1.54, 1.807) is 13.8 Å². The van der Waals surface area contributed by atoms with Crippen LogP contribution < -0.4 is 5.32 Å². The van der Waals surface area contributed by atoms with E-state index in [2.05, 4.69) is 5.32 Å². The molecule has 0 aliphatic carbocycles. The maximum Gasteiger partial charge on any atom is 0.307 e. The Labute approximate surface area is 120 Å². The molecular weight excluding hydrogens is 254 g/mol. The summed E-state index contributed by atoms with van der Waals surface area (Å²) in [6.45, 7) is 5.97. The minimum Gasteiger partial charge on any atom is -0.463 e. The number of amides is 1. The van der Waals surface area contributed by atoms with Crippen LogP contribution in [0, 0.1) is 6.92 Å². The van der Waals surface area contributed by atoms with Crippen molar-refractivity contribution in [3.8, 4) is 0 Å². The second-order valence-corrected chi connectivity index (χ2v) is 5.12. The third-order valence-corrected chi connectivity index (χ3v) is 2.78. The number of ether oxygens (including phenoxy) is 1. The molecule has 1 aromatic carbocycles. The average Bonchev–Trinajstić information content (AvgIpc) is 2.37. The monoisotopic (exact) mass is 277 g/mol. The molecule has 1 amide bonds. The van der Waals surface area contributed by atoms with Crippen LogP contribution in [0.4, 0.5) is 0 Å². The van der Waals surface area contributed by atoms with Gasteiger partial charge < -0.3 is 10.1 Å². The molecular formula is C16H23NO3. The van der Waals surface area contributed by atoms with E-state index in [0.717, 1.165) is 5.56 Å². The van der Waals surface area contributed by atoms with Gasteiger partial charge in [0.1, 0.15) is 0 Å². The van der Waals surface area contributed by atoms with Gasteiger partial charge in [-0.3, -0.25) is 9.59 Å². The summed E-state index contributed by atoms with van der Waals surface area (Å²) in [5, 5.41) is 2.73. The smallest absolute Gasteiger partial charge is 0.307 e. The Kier molecular flexibility index (Phi) is 6.77. The maximum atomic E-state index is 11.6. The van der Waals surface area contributed by atoms with Gasteiger partial charge in [0.15, 0.2) is 0 Å². The van der Waals surface area contributed by atoms with Crippen LogP contribution in [0.15, 0.2) is 24.3 Å². The molecule has 0 saturated carbocycles. The lowest BCUT2D eigenvalue weighted by molar-refractivity contribution is -0.147. The zero-order chi connectivity index (χ0) is 15.0. The molecule has 0 spiro atoms. The summed E-state index contributed by atoms with van der Waals surface area (Å²) in [7, 11) is 0. The van der Waals surface area contributed by atoms with Crippen molar-refractivity contribution in [2.24, 2.45) is 0 Å². The fourth-order valence-corrected chi connectivity index (χ4v) is 1.73. The molecule has 4 heteroatoms. The zero-order valence-electron chi connectivity index (χ0n) is 12.4. The van der Waals surface area contributed by atoms with Gasteiger partial charge in [-0.25, -0.2) is 0 Å². The van der Waals surface area contributed by atoms with Crippen LogP contribution in [-0.2, 0) is 20.7 Å². The molecule has 0 aliphatic heterocycles. The van der Waals surface area contributed by atoms with Crippen LogP contribution >= 0.6 is 0 Å². The lowest BCUT2D eigenvalue weighted by atomic mass is 10.1. The zero-order valence-corrected chi connectivity index (χ0v) is 12.4. The highest BCUT2D eigenvalue weighted by molar-refractivity contribution is 5.77. The molecule has 0 fully saturated rings. The SMILES string of the molecule is Cc1ccc(CCC(=O)NCCC(=O)OC(C)C)cc1. The first-order chi connectivity index (χ1) is 9.47. The molecule has 20 heavy (non-hydrogen) atoms. The summed E-state index contributed by atoms with van der Waals surface area (Å²) in [5.41, 5.74) is 2.35. The van der Waals surface area contributed by atoms with E-state index >= 15 is 0 Å². The summed E-state index contributed by atoms with van der Waals surface area (Å²) < 4.78 is 4.98. The summed E-state index contributed by atoms with van der Waals surface area (Å²) in [6.07, 6.45) is 1.25. The number of aryl methyl sites for hydroxylation is 2. The van der Waals surface area contributed by atoms with E-state index in [1.807, 2.05) is 31.2 Å². The molecule has 0 aromatic heterocycles. The normalized spacial score (nSPS) is 10.4. The van der Waals surface area contributed by atoms with Crippen LogP contribution in [-0.4, -0.2) is 24.5 Å². The van der Waals surface area contributed by atoms with Crippen molar-refractivity contribution in [1.82, 2.24) is 5.32 Å². The van der Waals surface area contributed by atoms with Crippen molar-refractivity contribution in [2.75, 3.05) is 6.54 Å². The Morgan fingerprint density at radius 1 is 1.15 bits per heavy atom. The van der Waals surface area contributed by atoms with Crippen LogP contribution in [0.3, 0.4) is 0 Å². The number of esters is 1. The summed E-state index contributed by atoms with van der Waals surface area (Å²) in [6, 6.07) is 8.13. The van der Waals surface area contributed by atoms with E-state index < -0.39 is 0 Å². The molecule has 0 radical (unpaired) electrons. The minimum atomic E-state index is -0.279. The van der Waals surface area contributed by atoms with Gasteiger partial charge in [-0.2, -0.15) is 0 Å². The summed E-state index contributed by atoms with van der Waals surface area (Å²) in [5.74, 6) is -0.318. The highest BCUT2D eigenvalue weighted by Gasteiger charge is 2.07. The lowest BCUT2D eigenvalue weighted by Crippen LogP contribution is -2.27. The molecule has 110 valence electrons. The second-order valence-electron chi connectivity index (χ2n) is 5.12. The lowest BCUT2D eigenvalue weighted by Gasteiger charge is -2.08. The fraction of sp³-hybridized carbons (Fsp3) is 0.500. The highest BCUT2D eigenvalue weighted by Crippen LogP contribution is 2.05. The quantitative estimate of drug-likeness (QED) is 0.779. The fourth-order valence-electron chi connectivity index (χ4n) is 1.73. The first-order valence-corrected chi connectivity index (χ1v) is 6.99. The second kappa shape index (κ2) is 8.35. The highest BCUT2D eigenvalue weighted by atomic mass is 16.5. The molecule has 0 bridgehead atoms. The minimum absolute atomic E-state index is 0.0390. The van der Waals surface area contributed by atoms with Crippen molar-refractivity contribution in [2.45, 2.75) is 46.1 Å². The predicted molar refractivity (Wildman–Crippen MR) is 78.4 cm³/mol. The van der Waals surface area contributed by atoms with E-state index in [0.29, 0.717) is 19.4 Å². The molecule has 4 nitrogen and oxygen atoms in total. The van der Waals surface area contributed by atoms with Crippen molar-refractivity contribution >= 4 is 11.9 Å². The molecule has 0 aliphatic rings. The number of carbonyl (C=O) groups excluding carboxylic acids is 2. The van der Waals surface area contributed by atoms with Gasteiger partial charge in [-0.1, -0.05) is 29.8 Å². The largest absolute Gasteiger partial charge is 0.463 e. The van der Waals surface area contributed by atoms with Crippen LogP contribution in [0.25, 0.3) is 0 Å². The van der Waals surface area contributed by atoms with E-state index in [-0.39, 0.29) is 24.4 Å². The van der Waals surface area contributed by atoms with Crippen molar-refractivity contribution < 1.29 is 14.3 Å². The molecule has 1 N–H and O–H groups in total. The van der Waals surface area contributed by atoms with Gasteiger partial charge in [-0.05, 0) is 32.8 Å². The number of hydrogen-bond acceptors (Lipinski definition) is 3. The van der Waals surface area contributed by atoms with Gasteiger partial charge in [0.25, 0.3) is 0 Å². The number of benzene rings is 1. The molecule has 0 saturated heterocycles. The third-order valence-electron chi connectivity index (χ3n) is 2.78. The Bertz CT molecular complexity index is 438. The van der Waals surface area contributed by atoms with Crippen molar-refractivity contribution in [3.05, 3.63) is 35.4 Å². The first kappa shape index (κ1) is 16.2. The van der Waals surface area contributed by atoms with Gasteiger partial charge in [0.2, 0.25) is 5.91 Å². The maximum absolute atomic E-state index is 11.6. The van der Waals surface area contributed by atoms with Gasteiger partial charge in [0, 0.05) is 13.0 Å². The number of hydrogen-bond donors (Lipinski definition) is 1. The molecule has 1 aromatic rings. The number of carbonyl (C=O) groups is 2. The van der Waals surface area contributed by atoms with Gasteiger partial charge >= 0.3 is 5.97 Å². The van der Waals surface area contributed by atoms with Crippen LogP contribution in [0.5, 0.6) is 0 Å². The number of nitrogens with one attached hydrogen (secondary N) is 1. The Balaban J connectivity index is 2.17. The van der Waals surface area contributed by atoms with Gasteiger partial charge in [0.05, 0.1) is 12.5 Å². The standard InChI is InChI=1S/C16H23NO3/c1-12(2)20-16(19)10-11-17-15(18)9-8-14-6-4-13(3)5-7-14/h4-7,12H,8-11H2,1-3H3,(H,17,18). The van der Waals surface area contributed by atoms with E-state index in [4.69, 9.17) is 4.74 Å². The van der Waals surface area contributed by atoms with E-state index in [1.165, 1.54) is 5.56 Å². The summed E-state index contributed by atoms with van der Waals surface area (Å²) >= 11 is 0. The first-order valence-electron chi connectivity index (χ1n) is 6.99. The average molecular weight is 277 g/mol. The van der Waals surface area contributed by atoms with Crippen LogP contribution in [0.1, 0.15) is 37.8 Å². The molecule has 0 atom stereocenters.